The third-order valence-corrected chi connectivity index (χ3v) is 5.34. The average molecular weight is 374 g/mol. The van der Waals surface area contributed by atoms with Crippen LogP contribution in [0.1, 0.15) is 37.4 Å². The predicted molar refractivity (Wildman–Crippen MR) is 86.8 cm³/mol. The van der Waals surface area contributed by atoms with Gasteiger partial charge in [-0.2, -0.15) is 13.2 Å². The zero-order valence-corrected chi connectivity index (χ0v) is 14.6. The SMILES string of the molecule is C[C@@H]1CC(C(=O)N[C@@H](c2ccc(C(F)(F)F)cc2F)C2COC2)N[C@@H]1C. The number of halogens is 4. The molecule has 4 nitrogen and oxygen atoms in total. The van der Waals surface area contributed by atoms with Gasteiger partial charge < -0.3 is 15.4 Å². The van der Waals surface area contributed by atoms with Crippen molar-refractivity contribution in [2.24, 2.45) is 11.8 Å². The van der Waals surface area contributed by atoms with Crippen molar-refractivity contribution in [2.75, 3.05) is 13.2 Å². The monoisotopic (exact) mass is 374 g/mol. The molecule has 2 heterocycles. The summed E-state index contributed by atoms with van der Waals surface area (Å²) in [6.07, 6.45) is -3.95. The van der Waals surface area contributed by atoms with Gasteiger partial charge in [0.15, 0.2) is 0 Å². The number of nitrogens with one attached hydrogen (secondary N) is 2. The number of alkyl halides is 3. The summed E-state index contributed by atoms with van der Waals surface area (Å²) in [5.41, 5.74) is -0.993. The van der Waals surface area contributed by atoms with Crippen LogP contribution in [0.4, 0.5) is 17.6 Å². The maximum absolute atomic E-state index is 14.4. The van der Waals surface area contributed by atoms with Crippen LogP contribution in [0, 0.1) is 17.7 Å². The van der Waals surface area contributed by atoms with E-state index in [0.29, 0.717) is 31.6 Å². The van der Waals surface area contributed by atoms with Crippen molar-refractivity contribution >= 4 is 5.91 Å². The number of hydrogen-bond acceptors (Lipinski definition) is 3. The van der Waals surface area contributed by atoms with Crippen LogP contribution in [0.15, 0.2) is 18.2 Å². The Balaban J connectivity index is 1.80. The van der Waals surface area contributed by atoms with Gasteiger partial charge in [-0.1, -0.05) is 13.0 Å². The van der Waals surface area contributed by atoms with Crippen molar-refractivity contribution in [1.82, 2.24) is 10.6 Å². The molecule has 0 bridgehead atoms. The largest absolute Gasteiger partial charge is 0.416 e. The summed E-state index contributed by atoms with van der Waals surface area (Å²) in [7, 11) is 0. The highest BCUT2D eigenvalue weighted by Gasteiger charge is 2.38. The molecule has 2 N–H and O–H groups in total. The van der Waals surface area contributed by atoms with Gasteiger partial charge in [-0.25, -0.2) is 4.39 Å². The Morgan fingerprint density at radius 2 is 2.00 bits per heavy atom. The molecule has 1 amide bonds. The first kappa shape index (κ1) is 19.1. The minimum absolute atomic E-state index is 0.0544. The van der Waals surface area contributed by atoms with Gasteiger partial charge in [-0.15, -0.1) is 0 Å². The van der Waals surface area contributed by atoms with Gasteiger partial charge in [0.2, 0.25) is 5.91 Å². The smallest absolute Gasteiger partial charge is 0.381 e. The molecule has 1 aromatic carbocycles. The molecule has 1 unspecified atom stereocenters. The van der Waals surface area contributed by atoms with E-state index in [-0.39, 0.29) is 29.5 Å². The normalized spacial score (nSPS) is 27.8. The molecule has 0 aromatic heterocycles. The number of benzene rings is 1. The second kappa shape index (κ2) is 7.15. The fourth-order valence-electron chi connectivity index (χ4n) is 3.41. The maximum Gasteiger partial charge on any atom is 0.416 e. The van der Waals surface area contributed by atoms with Crippen LogP contribution < -0.4 is 10.6 Å². The summed E-state index contributed by atoms with van der Waals surface area (Å²) in [6.45, 7) is 4.69. The lowest BCUT2D eigenvalue weighted by Gasteiger charge is -2.35. The summed E-state index contributed by atoms with van der Waals surface area (Å²) in [4.78, 5) is 12.6. The first-order valence-corrected chi connectivity index (χ1v) is 8.67. The van der Waals surface area contributed by atoms with E-state index >= 15 is 0 Å². The molecule has 3 rings (SSSR count). The molecule has 144 valence electrons. The fraction of sp³-hybridized carbons (Fsp3) is 0.611. The first-order chi connectivity index (χ1) is 12.2. The van der Waals surface area contributed by atoms with Crippen LogP contribution in [-0.2, 0) is 15.7 Å². The maximum atomic E-state index is 14.4. The molecule has 26 heavy (non-hydrogen) atoms. The molecular formula is C18H22F4N2O2. The zero-order valence-electron chi connectivity index (χ0n) is 14.6. The van der Waals surface area contributed by atoms with E-state index < -0.39 is 23.6 Å². The molecule has 1 aromatic rings. The first-order valence-electron chi connectivity index (χ1n) is 8.67. The molecular weight excluding hydrogens is 352 g/mol. The quantitative estimate of drug-likeness (QED) is 0.797. The van der Waals surface area contributed by atoms with E-state index in [1.165, 1.54) is 0 Å². The number of carbonyl (C=O) groups excluding carboxylic acids is 1. The summed E-state index contributed by atoms with van der Waals surface area (Å²) in [5.74, 6) is -1.07. The topological polar surface area (TPSA) is 50.4 Å². The Hall–Kier alpha value is -1.67. The Kier molecular flexibility index (Phi) is 5.25. The summed E-state index contributed by atoms with van der Waals surface area (Å²) in [6, 6.07) is 1.52. The Bertz CT molecular complexity index is 666. The Labute approximate surface area is 149 Å². The number of rotatable bonds is 4. The van der Waals surface area contributed by atoms with E-state index in [9.17, 15) is 22.4 Å². The van der Waals surface area contributed by atoms with Crippen molar-refractivity contribution in [1.29, 1.82) is 0 Å². The van der Waals surface area contributed by atoms with Gasteiger partial charge in [0.25, 0.3) is 0 Å². The third-order valence-electron chi connectivity index (χ3n) is 5.34. The van der Waals surface area contributed by atoms with E-state index in [1.807, 2.05) is 13.8 Å². The van der Waals surface area contributed by atoms with Gasteiger partial charge in [0, 0.05) is 17.5 Å². The Morgan fingerprint density at radius 1 is 1.31 bits per heavy atom. The lowest BCUT2D eigenvalue weighted by molar-refractivity contribution is -0.138. The predicted octanol–water partition coefficient (Wildman–Crippen LogP) is 3.03. The summed E-state index contributed by atoms with van der Waals surface area (Å²) < 4.78 is 57.8. The Morgan fingerprint density at radius 3 is 2.46 bits per heavy atom. The number of ether oxygens (including phenoxy) is 1. The van der Waals surface area contributed by atoms with Gasteiger partial charge in [0.05, 0.1) is 30.9 Å². The molecule has 0 saturated carbocycles. The zero-order chi connectivity index (χ0) is 19.1. The number of carbonyl (C=O) groups is 1. The van der Waals surface area contributed by atoms with Crippen molar-refractivity contribution in [3.63, 3.8) is 0 Å². The van der Waals surface area contributed by atoms with Gasteiger partial charge >= 0.3 is 6.18 Å². The highest BCUT2D eigenvalue weighted by Crippen LogP contribution is 2.34. The molecule has 0 aliphatic carbocycles. The van der Waals surface area contributed by atoms with Crippen molar-refractivity contribution < 1.29 is 27.1 Å². The molecule has 2 saturated heterocycles. The number of amides is 1. The average Bonchev–Trinajstić information content (AvgIpc) is 2.83. The summed E-state index contributed by atoms with van der Waals surface area (Å²) in [5, 5.41) is 6.01. The molecule has 8 heteroatoms. The molecule has 2 aliphatic heterocycles. The molecule has 4 atom stereocenters. The van der Waals surface area contributed by atoms with Crippen molar-refractivity contribution in [3.05, 3.63) is 35.1 Å². The second-order valence-electron chi connectivity index (χ2n) is 7.24. The minimum Gasteiger partial charge on any atom is -0.381 e. The molecule has 0 spiro atoms. The molecule has 2 fully saturated rings. The van der Waals surface area contributed by atoms with Crippen LogP contribution in [0.25, 0.3) is 0 Å². The third kappa shape index (κ3) is 3.86. The highest BCUT2D eigenvalue weighted by molar-refractivity contribution is 5.82. The second-order valence-corrected chi connectivity index (χ2v) is 7.24. The van der Waals surface area contributed by atoms with E-state index in [2.05, 4.69) is 10.6 Å². The van der Waals surface area contributed by atoms with Gasteiger partial charge in [0.1, 0.15) is 5.82 Å². The van der Waals surface area contributed by atoms with E-state index in [1.54, 1.807) is 0 Å². The summed E-state index contributed by atoms with van der Waals surface area (Å²) >= 11 is 0. The molecule has 2 aliphatic rings. The number of hydrogen-bond donors (Lipinski definition) is 2. The fourth-order valence-corrected chi connectivity index (χ4v) is 3.41. The van der Waals surface area contributed by atoms with Crippen molar-refractivity contribution in [3.8, 4) is 0 Å². The van der Waals surface area contributed by atoms with Crippen LogP contribution >= 0.6 is 0 Å². The van der Waals surface area contributed by atoms with Crippen LogP contribution in [0.3, 0.4) is 0 Å². The van der Waals surface area contributed by atoms with Gasteiger partial charge in [-0.05, 0) is 31.4 Å². The standard InChI is InChI=1S/C18H22F4N2O2/c1-9-5-15(23-10(9)2)17(25)24-16(11-7-26-8-11)13-4-3-12(6-14(13)19)18(20,21)22/h3-4,6,9-11,15-16,23H,5,7-8H2,1-2H3,(H,24,25)/t9-,10-,15?,16-/m1/s1. The van der Waals surface area contributed by atoms with Crippen molar-refractivity contribution in [2.45, 2.75) is 44.6 Å². The molecule has 0 radical (unpaired) electrons. The lowest BCUT2D eigenvalue weighted by Crippen LogP contribution is -2.48. The van der Waals surface area contributed by atoms with Crippen LogP contribution in [0.5, 0.6) is 0 Å². The van der Waals surface area contributed by atoms with Crippen LogP contribution in [-0.4, -0.2) is 31.2 Å². The van der Waals surface area contributed by atoms with E-state index in [0.717, 1.165) is 12.1 Å². The van der Waals surface area contributed by atoms with E-state index in [4.69, 9.17) is 4.74 Å². The van der Waals surface area contributed by atoms with Gasteiger partial charge in [-0.3, -0.25) is 4.79 Å². The minimum atomic E-state index is -4.61. The highest BCUT2D eigenvalue weighted by atomic mass is 19.4. The lowest BCUT2D eigenvalue weighted by atomic mass is 9.90. The van der Waals surface area contributed by atoms with Crippen LogP contribution in [0.2, 0.25) is 0 Å².